The van der Waals surface area contributed by atoms with Crippen molar-refractivity contribution in [3.8, 4) is 22.8 Å². The molecule has 0 spiro atoms. The minimum atomic E-state index is -0.457. The number of carbonyl (C=O) groups is 1. The van der Waals surface area contributed by atoms with E-state index in [2.05, 4.69) is 10.4 Å². The number of nitrogens with one attached hydrogen (secondary N) is 1. The Labute approximate surface area is 169 Å². The molecule has 0 saturated carbocycles. The Bertz CT molecular complexity index is 1130. The van der Waals surface area contributed by atoms with Crippen LogP contribution in [0.4, 0.5) is 5.69 Å². The van der Waals surface area contributed by atoms with Crippen molar-refractivity contribution in [2.45, 2.75) is 6.54 Å². The fourth-order valence-electron chi connectivity index (χ4n) is 2.69. The molecule has 1 N–H and O–H groups in total. The number of nitrogens with zero attached hydrogens (tertiary/aromatic N) is 2. The molecule has 0 atom stereocenters. The molecule has 3 aromatic rings. The lowest BCUT2D eigenvalue weighted by atomic mass is 10.1. The number of amides is 1. The predicted molar refractivity (Wildman–Crippen MR) is 105 cm³/mol. The smallest absolute Gasteiger partial charge is 0.267 e. The van der Waals surface area contributed by atoms with Gasteiger partial charge >= 0.3 is 0 Å². The topological polar surface area (TPSA) is 82.5 Å². The molecule has 0 saturated heterocycles. The van der Waals surface area contributed by atoms with Gasteiger partial charge in [-0.3, -0.25) is 9.59 Å². The highest BCUT2D eigenvalue weighted by molar-refractivity contribution is 6.35. The van der Waals surface area contributed by atoms with E-state index in [-0.39, 0.29) is 13.3 Å². The molecule has 0 aliphatic carbocycles. The lowest BCUT2D eigenvalue weighted by molar-refractivity contribution is -0.117. The van der Waals surface area contributed by atoms with Crippen molar-refractivity contribution in [3.63, 3.8) is 0 Å². The maximum atomic E-state index is 12.3. The first-order valence-electron chi connectivity index (χ1n) is 8.23. The first kappa shape index (κ1) is 18.3. The maximum Gasteiger partial charge on any atom is 0.267 e. The number of ether oxygens (including phenoxy) is 2. The second-order valence-corrected chi connectivity index (χ2v) is 6.80. The van der Waals surface area contributed by atoms with Crippen LogP contribution < -0.4 is 20.3 Å². The Morgan fingerprint density at radius 1 is 1.07 bits per heavy atom. The maximum absolute atomic E-state index is 12.3. The van der Waals surface area contributed by atoms with Crippen molar-refractivity contribution in [1.82, 2.24) is 9.78 Å². The molecule has 0 unspecified atom stereocenters. The van der Waals surface area contributed by atoms with E-state index in [0.717, 1.165) is 10.2 Å². The lowest BCUT2D eigenvalue weighted by Crippen LogP contribution is -2.29. The molecule has 1 aromatic heterocycles. The fourth-order valence-corrected chi connectivity index (χ4v) is 3.03. The largest absolute Gasteiger partial charge is 0.454 e. The zero-order valence-corrected chi connectivity index (χ0v) is 15.8. The second kappa shape index (κ2) is 7.53. The normalized spacial score (nSPS) is 12.1. The van der Waals surface area contributed by atoms with E-state index >= 15 is 0 Å². The van der Waals surface area contributed by atoms with Crippen LogP contribution in [0.15, 0.2) is 53.3 Å². The van der Waals surface area contributed by atoms with Gasteiger partial charge in [0.05, 0.1) is 16.4 Å². The monoisotopic (exact) mass is 417 g/mol. The molecule has 0 radical (unpaired) electrons. The summed E-state index contributed by atoms with van der Waals surface area (Å²) in [6.07, 6.45) is 0. The molecule has 2 heterocycles. The third kappa shape index (κ3) is 3.81. The number of hydrogen-bond donors (Lipinski definition) is 1. The van der Waals surface area contributed by atoms with Gasteiger partial charge < -0.3 is 14.8 Å². The zero-order valence-electron chi connectivity index (χ0n) is 14.3. The average Bonchev–Trinajstić information content (AvgIpc) is 3.14. The van der Waals surface area contributed by atoms with Crippen LogP contribution in [0, 0.1) is 0 Å². The molecule has 7 nitrogen and oxygen atoms in total. The Hall–Kier alpha value is -3.03. The van der Waals surface area contributed by atoms with Crippen LogP contribution in [0.1, 0.15) is 0 Å². The molecule has 1 aliphatic heterocycles. The summed E-state index contributed by atoms with van der Waals surface area (Å²) in [6.45, 7) is -0.113. The molecule has 2 aromatic carbocycles. The van der Waals surface area contributed by atoms with Crippen LogP contribution in [0.2, 0.25) is 10.0 Å². The van der Waals surface area contributed by atoms with Gasteiger partial charge in [-0.1, -0.05) is 23.2 Å². The predicted octanol–water partition coefficient (Wildman–Crippen LogP) is 3.58. The Kier molecular flexibility index (Phi) is 4.93. The highest BCUT2D eigenvalue weighted by Crippen LogP contribution is 2.35. The molecule has 1 aliphatic rings. The molecular formula is C19H13Cl2N3O4. The highest BCUT2D eigenvalue weighted by atomic mass is 35.5. The summed E-state index contributed by atoms with van der Waals surface area (Å²) in [5.74, 6) is 0.793. The second-order valence-electron chi connectivity index (χ2n) is 5.95. The zero-order chi connectivity index (χ0) is 19.7. The third-order valence-electron chi connectivity index (χ3n) is 4.03. The number of rotatable bonds is 4. The quantitative estimate of drug-likeness (QED) is 0.701. The van der Waals surface area contributed by atoms with E-state index in [1.54, 1.807) is 36.4 Å². The van der Waals surface area contributed by atoms with Crippen molar-refractivity contribution in [1.29, 1.82) is 0 Å². The van der Waals surface area contributed by atoms with E-state index in [0.29, 0.717) is 32.9 Å². The van der Waals surface area contributed by atoms with E-state index in [4.69, 9.17) is 32.7 Å². The minimum Gasteiger partial charge on any atom is -0.454 e. The van der Waals surface area contributed by atoms with E-state index < -0.39 is 11.5 Å². The summed E-state index contributed by atoms with van der Waals surface area (Å²) in [7, 11) is 0. The Morgan fingerprint density at radius 3 is 2.75 bits per heavy atom. The summed E-state index contributed by atoms with van der Waals surface area (Å²) in [5, 5.41) is 7.68. The summed E-state index contributed by atoms with van der Waals surface area (Å²) < 4.78 is 11.7. The van der Waals surface area contributed by atoms with E-state index in [1.807, 2.05) is 0 Å². The van der Waals surface area contributed by atoms with Gasteiger partial charge in [0.15, 0.2) is 11.5 Å². The van der Waals surface area contributed by atoms with Gasteiger partial charge in [0.1, 0.15) is 6.54 Å². The summed E-state index contributed by atoms with van der Waals surface area (Å²) in [5.41, 5.74) is 1.21. The van der Waals surface area contributed by atoms with Crippen LogP contribution >= 0.6 is 23.2 Å². The average molecular weight is 418 g/mol. The van der Waals surface area contributed by atoms with Crippen molar-refractivity contribution in [3.05, 3.63) is 68.9 Å². The standard InChI is InChI=1S/C19H13Cl2N3O4/c20-12-2-3-13(21)15(8-12)22-18(25)9-24-19(26)6-4-14(23-24)11-1-5-16-17(7-11)28-10-27-16/h1-8H,9-10H2,(H,22,25). The van der Waals surface area contributed by atoms with Gasteiger partial charge in [-0.25, -0.2) is 4.68 Å². The van der Waals surface area contributed by atoms with Crippen LogP contribution in [0.3, 0.4) is 0 Å². The van der Waals surface area contributed by atoms with Gasteiger partial charge in [0.25, 0.3) is 5.56 Å². The van der Waals surface area contributed by atoms with Crippen LogP contribution in [0.25, 0.3) is 11.3 Å². The van der Waals surface area contributed by atoms with Gasteiger partial charge in [-0.2, -0.15) is 5.10 Å². The molecule has 0 fully saturated rings. The molecule has 142 valence electrons. The molecule has 1 amide bonds. The number of anilines is 1. The van der Waals surface area contributed by atoms with Crippen molar-refractivity contribution >= 4 is 34.8 Å². The van der Waals surface area contributed by atoms with Gasteiger partial charge in [0.2, 0.25) is 12.7 Å². The lowest BCUT2D eigenvalue weighted by Gasteiger charge is -2.10. The third-order valence-corrected chi connectivity index (χ3v) is 4.60. The molecule has 28 heavy (non-hydrogen) atoms. The van der Waals surface area contributed by atoms with Gasteiger partial charge in [0, 0.05) is 16.7 Å². The van der Waals surface area contributed by atoms with E-state index in [1.165, 1.54) is 12.1 Å². The molecular weight excluding hydrogens is 405 g/mol. The van der Waals surface area contributed by atoms with Gasteiger partial charge in [-0.05, 0) is 42.5 Å². The van der Waals surface area contributed by atoms with Gasteiger partial charge in [-0.15, -0.1) is 0 Å². The Morgan fingerprint density at radius 2 is 1.89 bits per heavy atom. The van der Waals surface area contributed by atoms with Crippen molar-refractivity contribution in [2.75, 3.05) is 12.1 Å². The number of halogens is 2. The first-order valence-corrected chi connectivity index (χ1v) is 8.98. The molecule has 9 heteroatoms. The number of fused-ring (bicyclic) bond motifs is 1. The number of benzene rings is 2. The van der Waals surface area contributed by atoms with Crippen LogP contribution in [-0.4, -0.2) is 22.5 Å². The summed E-state index contributed by atoms with van der Waals surface area (Å²) in [6, 6.07) is 13.0. The number of hydrogen-bond acceptors (Lipinski definition) is 5. The highest BCUT2D eigenvalue weighted by Gasteiger charge is 2.15. The van der Waals surface area contributed by atoms with E-state index in [9.17, 15) is 9.59 Å². The minimum absolute atomic E-state index is 0.165. The van der Waals surface area contributed by atoms with Crippen LogP contribution in [-0.2, 0) is 11.3 Å². The summed E-state index contributed by atoms with van der Waals surface area (Å²) in [4.78, 5) is 24.5. The fraction of sp³-hybridized carbons (Fsp3) is 0.105. The number of carbonyl (C=O) groups excluding carboxylic acids is 1. The first-order chi connectivity index (χ1) is 13.5. The number of aromatic nitrogens is 2. The van der Waals surface area contributed by atoms with Crippen molar-refractivity contribution < 1.29 is 14.3 Å². The Balaban J connectivity index is 1.56. The molecule has 4 rings (SSSR count). The SMILES string of the molecule is O=C(Cn1nc(-c2ccc3c(c2)OCO3)ccc1=O)Nc1cc(Cl)ccc1Cl. The summed E-state index contributed by atoms with van der Waals surface area (Å²) >= 11 is 12.0. The van der Waals surface area contributed by atoms with Crippen molar-refractivity contribution in [2.24, 2.45) is 0 Å². The van der Waals surface area contributed by atoms with Crippen LogP contribution in [0.5, 0.6) is 11.5 Å². The molecule has 0 bridgehead atoms.